The molecule has 0 aromatic heterocycles. The molecule has 2 aliphatic rings. The van der Waals surface area contributed by atoms with Crippen molar-refractivity contribution in [2.24, 2.45) is 11.8 Å². The summed E-state index contributed by atoms with van der Waals surface area (Å²) in [6, 6.07) is 9.85. The van der Waals surface area contributed by atoms with Gasteiger partial charge in [-0.2, -0.15) is 0 Å². The average Bonchev–Trinajstić information content (AvgIpc) is 2.98. The van der Waals surface area contributed by atoms with Crippen molar-refractivity contribution in [1.29, 1.82) is 0 Å². The summed E-state index contributed by atoms with van der Waals surface area (Å²) in [7, 11) is 0. The Bertz CT molecular complexity index is 406. The SMILES string of the molecule is O=C(OCc1ccccc1)N1C[C@H]2CCC[C@H]2C1. The molecule has 2 atom stereocenters. The lowest BCUT2D eigenvalue weighted by Crippen LogP contribution is -2.30. The van der Waals surface area contributed by atoms with Gasteiger partial charge in [0.15, 0.2) is 0 Å². The van der Waals surface area contributed by atoms with Gasteiger partial charge in [0.1, 0.15) is 6.61 Å². The van der Waals surface area contributed by atoms with Crippen LogP contribution in [0.15, 0.2) is 30.3 Å². The second-order valence-electron chi connectivity index (χ2n) is 5.40. The molecule has 1 aromatic rings. The highest BCUT2D eigenvalue weighted by Crippen LogP contribution is 2.37. The Morgan fingerprint density at radius 1 is 1.17 bits per heavy atom. The highest BCUT2D eigenvalue weighted by Gasteiger charge is 2.38. The summed E-state index contributed by atoms with van der Waals surface area (Å²) < 4.78 is 5.36. The van der Waals surface area contributed by atoms with E-state index in [0.29, 0.717) is 6.61 Å². The fraction of sp³-hybridized carbons (Fsp3) is 0.533. The maximum absolute atomic E-state index is 12.0. The highest BCUT2D eigenvalue weighted by atomic mass is 16.6. The van der Waals surface area contributed by atoms with Crippen LogP contribution in [0, 0.1) is 11.8 Å². The molecule has 3 heteroatoms. The molecular formula is C15H19NO2. The van der Waals surface area contributed by atoms with Crippen LogP contribution in [0.3, 0.4) is 0 Å². The second-order valence-corrected chi connectivity index (χ2v) is 5.40. The van der Waals surface area contributed by atoms with Crippen LogP contribution >= 0.6 is 0 Å². The molecule has 1 saturated heterocycles. The van der Waals surface area contributed by atoms with Crippen molar-refractivity contribution in [3.05, 3.63) is 35.9 Å². The van der Waals surface area contributed by atoms with E-state index in [1.54, 1.807) is 0 Å². The number of nitrogens with zero attached hydrogens (tertiary/aromatic N) is 1. The molecule has 96 valence electrons. The minimum Gasteiger partial charge on any atom is -0.445 e. The maximum Gasteiger partial charge on any atom is 0.410 e. The van der Waals surface area contributed by atoms with E-state index in [1.807, 2.05) is 35.2 Å². The lowest BCUT2D eigenvalue weighted by atomic mass is 10.0. The Morgan fingerprint density at radius 3 is 2.50 bits per heavy atom. The van der Waals surface area contributed by atoms with Gasteiger partial charge in [0, 0.05) is 13.1 Å². The largest absolute Gasteiger partial charge is 0.445 e. The molecule has 1 saturated carbocycles. The van der Waals surface area contributed by atoms with Gasteiger partial charge in [-0.05, 0) is 30.2 Å². The molecule has 1 aliphatic carbocycles. The average molecular weight is 245 g/mol. The number of ether oxygens (including phenoxy) is 1. The summed E-state index contributed by atoms with van der Waals surface area (Å²) in [5.74, 6) is 1.46. The molecule has 1 heterocycles. The summed E-state index contributed by atoms with van der Waals surface area (Å²) in [6.45, 7) is 2.18. The van der Waals surface area contributed by atoms with E-state index in [4.69, 9.17) is 4.74 Å². The number of carbonyl (C=O) groups is 1. The molecular weight excluding hydrogens is 226 g/mol. The molecule has 3 rings (SSSR count). The van der Waals surface area contributed by atoms with E-state index in [0.717, 1.165) is 30.5 Å². The van der Waals surface area contributed by atoms with E-state index in [9.17, 15) is 4.79 Å². The normalized spacial score (nSPS) is 26.1. The first-order chi connectivity index (χ1) is 8.83. The minimum absolute atomic E-state index is 0.145. The van der Waals surface area contributed by atoms with Crippen LogP contribution in [0.5, 0.6) is 0 Å². The molecule has 18 heavy (non-hydrogen) atoms. The molecule has 1 aliphatic heterocycles. The van der Waals surface area contributed by atoms with E-state index in [2.05, 4.69) is 0 Å². The fourth-order valence-corrected chi connectivity index (χ4v) is 3.19. The minimum atomic E-state index is -0.145. The molecule has 1 amide bonds. The predicted molar refractivity (Wildman–Crippen MR) is 69.0 cm³/mol. The smallest absolute Gasteiger partial charge is 0.410 e. The van der Waals surface area contributed by atoms with Crippen molar-refractivity contribution in [2.75, 3.05) is 13.1 Å². The Balaban J connectivity index is 1.50. The van der Waals surface area contributed by atoms with Gasteiger partial charge in [-0.15, -0.1) is 0 Å². The van der Waals surface area contributed by atoms with Crippen molar-refractivity contribution < 1.29 is 9.53 Å². The van der Waals surface area contributed by atoms with Crippen LogP contribution in [0.4, 0.5) is 4.79 Å². The van der Waals surface area contributed by atoms with Crippen LogP contribution in [0.2, 0.25) is 0 Å². The van der Waals surface area contributed by atoms with Gasteiger partial charge in [0.2, 0.25) is 0 Å². The number of amides is 1. The van der Waals surface area contributed by atoms with Gasteiger partial charge < -0.3 is 9.64 Å². The van der Waals surface area contributed by atoms with E-state index < -0.39 is 0 Å². The first kappa shape index (κ1) is 11.6. The van der Waals surface area contributed by atoms with Crippen molar-refractivity contribution in [3.63, 3.8) is 0 Å². The summed E-state index contributed by atoms with van der Waals surface area (Å²) in [5.41, 5.74) is 1.05. The number of fused-ring (bicyclic) bond motifs is 1. The first-order valence-corrected chi connectivity index (χ1v) is 6.78. The van der Waals surface area contributed by atoms with Crippen LogP contribution in [-0.4, -0.2) is 24.1 Å². The number of hydrogen-bond donors (Lipinski definition) is 0. The van der Waals surface area contributed by atoms with Gasteiger partial charge in [-0.25, -0.2) is 4.79 Å². The standard InChI is InChI=1S/C15H19NO2/c17-15(18-11-12-5-2-1-3-6-12)16-9-13-7-4-8-14(13)10-16/h1-3,5-6,13-14H,4,7-11H2/t13-,14+. The molecule has 3 nitrogen and oxygen atoms in total. The molecule has 0 radical (unpaired) electrons. The molecule has 0 unspecified atom stereocenters. The van der Waals surface area contributed by atoms with Gasteiger partial charge in [0.25, 0.3) is 0 Å². The number of likely N-dealkylation sites (tertiary alicyclic amines) is 1. The van der Waals surface area contributed by atoms with E-state index >= 15 is 0 Å². The third kappa shape index (κ3) is 2.35. The fourth-order valence-electron chi connectivity index (χ4n) is 3.19. The number of rotatable bonds is 2. The van der Waals surface area contributed by atoms with E-state index in [-0.39, 0.29) is 6.09 Å². The van der Waals surface area contributed by atoms with Crippen molar-refractivity contribution >= 4 is 6.09 Å². The third-order valence-electron chi connectivity index (χ3n) is 4.19. The summed E-state index contributed by atoms with van der Waals surface area (Å²) >= 11 is 0. The predicted octanol–water partition coefficient (Wildman–Crippen LogP) is 3.06. The maximum atomic E-state index is 12.0. The molecule has 0 bridgehead atoms. The lowest BCUT2D eigenvalue weighted by Gasteiger charge is -2.17. The number of benzene rings is 1. The van der Waals surface area contributed by atoms with Gasteiger partial charge in [-0.3, -0.25) is 0 Å². The van der Waals surface area contributed by atoms with Crippen molar-refractivity contribution in [3.8, 4) is 0 Å². The highest BCUT2D eigenvalue weighted by molar-refractivity contribution is 5.68. The van der Waals surface area contributed by atoms with Crippen LogP contribution < -0.4 is 0 Å². The van der Waals surface area contributed by atoms with Gasteiger partial charge in [0.05, 0.1) is 0 Å². The Morgan fingerprint density at radius 2 is 1.83 bits per heavy atom. The zero-order valence-corrected chi connectivity index (χ0v) is 10.5. The number of carbonyl (C=O) groups excluding carboxylic acids is 1. The second kappa shape index (κ2) is 5.01. The zero-order chi connectivity index (χ0) is 12.4. The van der Waals surface area contributed by atoms with Crippen molar-refractivity contribution in [1.82, 2.24) is 4.90 Å². The van der Waals surface area contributed by atoms with Crippen LogP contribution in [-0.2, 0) is 11.3 Å². The quantitative estimate of drug-likeness (QED) is 0.801. The first-order valence-electron chi connectivity index (χ1n) is 6.78. The Kier molecular flexibility index (Phi) is 3.22. The zero-order valence-electron chi connectivity index (χ0n) is 10.5. The van der Waals surface area contributed by atoms with Gasteiger partial charge >= 0.3 is 6.09 Å². The molecule has 0 spiro atoms. The topological polar surface area (TPSA) is 29.5 Å². The monoisotopic (exact) mass is 245 g/mol. The summed E-state index contributed by atoms with van der Waals surface area (Å²) in [5, 5.41) is 0. The van der Waals surface area contributed by atoms with Gasteiger partial charge in [-0.1, -0.05) is 36.8 Å². The van der Waals surface area contributed by atoms with Crippen LogP contribution in [0.25, 0.3) is 0 Å². The van der Waals surface area contributed by atoms with E-state index in [1.165, 1.54) is 19.3 Å². The number of hydrogen-bond acceptors (Lipinski definition) is 2. The summed E-state index contributed by atoms with van der Waals surface area (Å²) in [6.07, 6.45) is 3.76. The summed E-state index contributed by atoms with van der Waals surface area (Å²) in [4.78, 5) is 13.8. The van der Waals surface area contributed by atoms with Crippen LogP contribution in [0.1, 0.15) is 24.8 Å². The third-order valence-corrected chi connectivity index (χ3v) is 4.19. The molecule has 2 fully saturated rings. The van der Waals surface area contributed by atoms with Crippen molar-refractivity contribution in [2.45, 2.75) is 25.9 Å². The lowest BCUT2D eigenvalue weighted by molar-refractivity contribution is 0.102. The Labute approximate surface area is 108 Å². The Hall–Kier alpha value is -1.51. The molecule has 1 aromatic carbocycles. The molecule has 0 N–H and O–H groups in total.